The van der Waals surface area contributed by atoms with Gasteiger partial charge < -0.3 is 10.1 Å². The molecule has 0 saturated heterocycles. The maximum Gasteiger partial charge on any atom is 0.153 e. The van der Waals surface area contributed by atoms with Crippen molar-refractivity contribution in [1.82, 2.24) is 9.97 Å². The van der Waals surface area contributed by atoms with Gasteiger partial charge >= 0.3 is 0 Å². The number of aliphatic hydroxyl groups excluding tert-OH is 1. The minimum Gasteiger partial charge on any atom is -0.396 e. The molecule has 0 aromatic carbocycles. The highest BCUT2D eigenvalue weighted by Gasteiger charge is 2.05. The molecule has 0 spiro atoms. The Morgan fingerprint density at radius 2 is 2.38 bits per heavy atom. The van der Waals surface area contributed by atoms with Crippen LogP contribution in [0.25, 0.3) is 10.9 Å². The van der Waals surface area contributed by atoms with Gasteiger partial charge in [0.15, 0.2) is 5.15 Å². The van der Waals surface area contributed by atoms with Crippen molar-refractivity contribution in [2.45, 2.75) is 6.42 Å². The molecule has 0 aliphatic heterocycles. The van der Waals surface area contributed by atoms with Gasteiger partial charge in [-0.3, -0.25) is 0 Å². The van der Waals surface area contributed by atoms with Crippen molar-refractivity contribution in [2.75, 3.05) is 6.61 Å². The molecule has 0 amide bonds. The molecule has 0 aliphatic rings. The van der Waals surface area contributed by atoms with Crippen LogP contribution < -0.4 is 0 Å². The van der Waals surface area contributed by atoms with Crippen molar-refractivity contribution < 1.29 is 5.11 Å². The van der Waals surface area contributed by atoms with Gasteiger partial charge in [-0.05, 0) is 18.1 Å². The zero-order valence-corrected chi connectivity index (χ0v) is 7.67. The summed E-state index contributed by atoms with van der Waals surface area (Å²) in [5.74, 6) is 0. The average molecular weight is 197 g/mol. The van der Waals surface area contributed by atoms with Crippen molar-refractivity contribution in [1.29, 1.82) is 0 Å². The van der Waals surface area contributed by atoms with Gasteiger partial charge in [0, 0.05) is 24.4 Å². The second-order valence-corrected chi connectivity index (χ2v) is 3.17. The summed E-state index contributed by atoms with van der Waals surface area (Å²) >= 11 is 5.87. The van der Waals surface area contributed by atoms with Crippen LogP contribution in [0.3, 0.4) is 0 Å². The third-order valence-electron chi connectivity index (χ3n) is 2.02. The molecule has 0 aliphatic carbocycles. The number of halogens is 1. The SMILES string of the molecule is OCCc1c[nH]c2c(Cl)nccc12. The molecule has 3 nitrogen and oxygen atoms in total. The summed E-state index contributed by atoms with van der Waals surface area (Å²) in [7, 11) is 0. The predicted octanol–water partition coefficient (Wildman–Crippen LogP) is 1.75. The Labute approximate surface area is 80.4 Å². The summed E-state index contributed by atoms with van der Waals surface area (Å²) in [6.07, 6.45) is 4.16. The Hall–Kier alpha value is -1.06. The molecule has 2 N–H and O–H groups in total. The van der Waals surface area contributed by atoms with Gasteiger partial charge in [0.1, 0.15) is 0 Å². The van der Waals surface area contributed by atoms with E-state index >= 15 is 0 Å². The van der Waals surface area contributed by atoms with Crippen molar-refractivity contribution in [2.24, 2.45) is 0 Å². The third kappa shape index (κ3) is 1.41. The molecular formula is C9H9ClN2O. The quantitative estimate of drug-likeness (QED) is 0.719. The monoisotopic (exact) mass is 196 g/mol. The molecule has 0 bridgehead atoms. The average Bonchev–Trinajstić information content (AvgIpc) is 2.51. The Kier molecular flexibility index (Phi) is 2.20. The Balaban J connectivity index is 2.61. The lowest BCUT2D eigenvalue weighted by atomic mass is 10.1. The molecule has 13 heavy (non-hydrogen) atoms. The molecule has 2 heterocycles. The summed E-state index contributed by atoms with van der Waals surface area (Å²) < 4.78 is 0. The van der Waals surface area contributed by atoms with E-state index in [2.05, 4.69) is 9.97 Å². The van der Waals surface area contributed by atoms with Crippen LogP contribution >= 0.6 is 11.6 Å². The van der Waals surface area contributed by atoms with Gasteiger partial charge in [0.2, 0.25) is 0 Å². The molecule has 2 aromatic heterocycles. The number of hydrogen-bond donors (Lipinski definition) is 2. The fraction of sp³-hybridized carbons (Fsp3) is 0.222. The minimum absolute atomic E-state index is 0.146. The molecular weight excluding hydrogens is 188 g/mol. The molecule has 2 rings (SSSR count). The van der Waals surface area contributed by atoms with Crippen LogP contribution in [0.5, 0.6) is 0 Å². The summed E-state index contributed by atoms with van der Waals surface area (Å²) in [5, 5.41) is 10.3. The van der Waals surface area contributed by atoms with Crippen molar-refractivity contribution in [3.05, 3.63) is 29.2 Å². The van der Waals surface area contributed by atoms with Gasteiger partial charge in [-0.15, -0.1) is 0 Å². The number of aromatic amines is 1. The highest BCUT2D eigenvalue weighted by molar-refractivity contribution is 6.33. The Bertz CT molecular complexity index is 424. The number of hydrogen-bond acceptors (Lipinski definition) is 2. The maximum absolute atomic E-state index is 8.80. The maximum atomic E-state index is 8.80. The number of pyridine rings is 1. The number of H-pyrrole nitrogens is 1. The van der Waals surface area contributed by atoms with Crippen LogP contribution in [0, 0.1) is 0 Å². The van der Waals surface area contributed by atoms with Crippen LogP contribution in [0.4, 0.5) is 0 Å². The van der Waals surface area contributed by atoms with E-state index in [4.69, 9.17) is 16.7 Å². The number of rotatable bonds is 2. The van der Waals surface area contributed by atoms with E-state index < -0.39 is 0 Å². The topological polar surface area (TPSA) is 48.9 Å². The second kappa shape index (κ2) is 3.36. The molecule has 4 heteroatoms. The third-order valence-corrected chi connectivity index (χ3v) is 2.31. The molecule has 68 valence electrons. The fourth-order valence-electron chi connectivity index (χ4n) is 1.41. The lowest BCUT2D eigenvalue weighted by molar-refractivity contribution is 0.300. The molecule has 0 unspecified atom stereocenters. The number of fused-ring (bicyclic) bond motifs is 1. The number of aliphatic hydroxyl groups is 1. The summed E-state index contributed by atoms with van der Waals surface area (Å²) in [4.78, 5) is 6.99. The van der Waals surface area contributed by atoms with E-state index in [1.165, 1.54) is 0 Å². The van der Waals surface area contributed by atoms with E-state index in [0.717, 1.165) is 16.5 Å². The van der Waals surface area contributed by atoms with Gasteiger partial charge in [0.25, 0.3) is 0 Å². The van der Waals surface area contributed by atoms with Crippen LogP contribution in [0.15, 0.2) is 18.5 Å². The van der Waals surface area contributed by atoms with Gasteiger partial charge in [0.05, 0.1) is 5.52 Å². The highest BCUT2D eigenvalue weighted by Crippen LogP contribution is 2.23. The minimum atomic E-state index is 0.146. The largest absolute Gasteiger partial charge is 0.396 e. The Morgan fingerprint density at radius 3 is 3.15 bits per heavy atom. The fourth-order valence-corrected chi connectivity index (χ4v) is 1.62. The van der Waals surface area contributed by atoms with Crippen molar-refractivity contribution in [3.8, 4) is 0 Å². The first-order chi connectivity index (χ1) is 6.33. The zero-order chi connectivity index (χ0) is 9.26. The number of aromatic nitrogens is 2. The summed E-state index contributed by atoms with van der Waals surface area (Å²) in [6.45, 7) is 0.146. The second-order valence-electron chi connectivity index (χ2n) is 2.81. The molecule has 0 fully saturated rings. The first-order valence-corrected chi connectivity index (χ1v) is 4.42. The molecule has 2 aromatic rings. The first kappa shape index (κ1) is 8.53. The van der Waals surface area contributed by atoms with Crippen LogP contribution in [0.1, 0.15) is 5.56 Å². The highest BCUT2D eigenvalue weighted by atomic mass is 35.5. The molecule has 0 saturated carbocycles. The molecule has 0 radical (unpaired) electrons. The standard InChI is InChI=1S/C9H9ClN2O/c10-9-8-7(1-3-11-9)6(2-4-13)5-12-8/h1,3,5,12-13H,2,4H2. The van der Waals surface area contributed by atoms with E-state index in [-0.39, 0.29) is 6.61 Å². The summed E-state index contributed by atoms with van der Waals surface area (Å²) in [6, 6.07) is 1.89. The lowest BCUT2D eigenvalue weighted by Gasteiger charge is -1.95. The van der Waals surface area contributed by atoms with Gasteiger partial charge in [-0.2, -0.15) is 0 Å². The number of nitrogens with one attached hydrogen (secondary N) is 1. The van der Waals surface area contributed by atoms with Gasteiger partial charge in [-0.25, -0.2) is 4.98 Å². The Morgan fingerprint density at radius 1 is 1.54 bits per heavy atom. The summed E-state index contributed by atoms with van der Waals surface area (Å²) in [5.41, 5.74) is 1.91. The first-order valence-electron chi connectivity index (χ1n) is 4.04. The normalized spacial score (nSPS) is 10.9. The lowest BCUT2D eigenvalue weighted by Crippen LogP contribution is -1.88. The van der Waals surface area contributed by atoms with E-state index in [0.29, 0.717) is 11.6 Å². The number of nitrogens with zero attached hydrogens (tertiary/aromatic N) is 1. The molecule has 0 atom stereocenters. The van der Waals surface area contributed by atoms with Crippen molar-refractivity contribution in [3.63, 3.8) is 0 Å². The smallest absolute Gasteiger partial charge is 0.153 e. The van der Waals surface area contributed by atoms with Crippen LogP contribution in [0.2, 0.25) is 5.15 Å². The predicted molar refractivity (Wildman–Crippen MR) is 51.9 cm³/mol. The van der Waals surface area contributed by atoms with E-state index in [1.807, 2.05) is 12.3 Å². The van der Waals surface area contributed by atoms with Crippen LogP contribution in [-0.4, -0.2) is 21.7 Å². The van der Waals surface area contributed by atoms with Gasteiger partial charge in [-0.1, -0.05) is 11.6 Å². The zero-order valence-electron chi connectivity index (χ0n) is 6.92. The van der Waals surface area contributed by atoms with Crippen molar-refractivity contribution >= 4 is 22.5 Å². The van der Waals surface area contributed by atoms with E-state index in [9.17, 15) is 0 Å². The van der Waals surface area contributed by atoms with E-state index in [1.54, 1.807) is 6.20 Å². The van der Waals surface area contributed by atoms with Crippen LogP contribution in [-0.2, 0) is 6.42 Å².